The van der Waals surface area contributed by atoms with E-state index in [1.165, 1.54) is 14.0 Å². The van der Waals surface area contributed by atoms with Gasteiger partial charge in [-0.15, -0.1) is 0 Å². The molecule has 3 atom stereocenters. The summed E-state index contributed by atoms with van der Waals surface area (Å²) in [5, 5.41) is 2.89. The van der Waals surface area contributed by atoms with Gasteiger partial charge in [0.1, 0.15) is 0 Å². The van der Waals surface area contributed by atoms with Crippen molar-refractivity contribution in [1.29, 1.82) is 0 Å². The van der Waals surface area contributed by atoms with Gasteiger partial charge in [-0.1, -0.05) is 12.8 Å². The van der Waals surface area contributed by atoms with Gasteiger partial charge < -0.3 is 15.0 Å². The van der Waals surface area contributed by atoms with Crippen LogP contribution in [0.5, 0.6) is 0 Å². The largest absolute Gasteiger partial charge is 0.469 e. The third-order valence-electron chi connectivity index (χ3n) is 4.73. The Hall–Kier alpha value is -1.59. The third-order valence-corrected chi connectivity index (χ3v) is 4.73. The van der Waals surface area contributed by atoms with Crippen LogP contribution in [0.4, 0.5) is 0 Å². The predicted molar refractivity (Wildman–Crippen MR) is 80.9 cm³/mol. The Labute approximate surface area is 131 Å². The minimum absolute atomic E-state index is 0.0235. The van der Waals surface area contributed by atoms with Crippen LogP contribution >= 0.6 is 0 Å². The van der Waals surface area contributed by atoms with Gasteiger partial charge in [0.15, 0.2) is 0 Å². The van der Waals surface area contributed by atoms with E-state index < -0.39 is 0 Å². The van der Waals surface area contributed by atoms with E-state index in [2.05, 4.69) is 5.32 Å². The molecule has 6 heteroatoms. The number of likely N-dealkylation sites (tertiary alicyclic amines) is 1. The van der Waals surface area contributed by atoms with Crippen LogP contribution in [-0.2, 0) is 19.1 Å². The molecule has 0 aromatic carbocycles. The highest BCUT2D eigenvalue weighted by molar-refractivity contribution is 5.85. The second kappa shape index (κ2) is 7.61. The molecule has 1 N–H and O–H groups in total. The lowest BCUT2D eigenvalue weighted by Gasteiger charge is -2.37. The number of carbonyl (C=O) groups excluding carboxylic acids is 3. The van der Waals surface area contributed by atoms with E-state index in [1.54, 1.807) is 0 Å². The van der Waals surface area contributed by atoms with Crippen LogP contribution < -0.4 is 5.32 Å². The van der Waals surface area contributed by atoms with Crippen molar-refractivity contribution < 1.29 is 19.1 Å². The zero-order valence-electron chi connectivity index (χ0n) is 13.5. The zero-order valence-corrected chi connectivity index (χ0v) is 13.5. The highest BCUT2D eigenvalue weighted by atomic mass is 16.5. The topological polar surface area (TPSA) is 75.7 Å². The lowest BCUT2D eigenvalue weighted by molar-refractivity contribution is -0.155. The van der Waals surface area contributed by atoms with Gasteiger partial charge in [0, 0.05) is 26.1 Å². The molecule has 1 aliphatic heterocycles. The molecule has 0 radical (unpaired) electrons. The standard InChI is InChI=1S/C16H26N2O4/c1-11(19)17-12-6-5-9-18(10-12)15(20)13-7-3-4-8-14(13)16(21)22-2/h12-14H,3-10H2,1-2H3,(H,17,19). The summed E-state index contributed by atoms with van der Waals surface area (Å²) in [6.07, 6.45) is 5.21. The smallest absolute Gasteiger partial charge is 0.309 e. The first-order valence-electron chi connectivity index (χ1n) is 8.16. The summed E-state index contributed by atoms with van der Waals surface area (Å²) in [7, 11) is 1.38. The molecule has 2 amide bonds. The Morgan fingerprint density at radius 2 is 1.73 bits per heavy atom. The summed E-state index contributed by atoms with van der Waals surface area (Å²) >= 11 is 0. The van der Waals surface area contributed by atoms with E-state index >= 15 is 0 Å². The van der Waals surface area contributed by atoms with Crippen LogP contribution in [0.1, 0.15) is 45.4 Å². The first-order valence-corrected chi connectivity index (χ1v) is 8.16. The Morgan fingerprint density at radius 1 is 1.05 bits per heavy atom. The summed E-state index contributed by atoms with van der Waals surface area (Å²) in [6, 6.07) is 0.0235. The molecule has 0 bridgehead atoms. The molecule has 0 aromatic heterocycles. The van der Waals surface area contributed by atoms with Gasteiger partial charge in [0.05, 0.1) is 18.9 Å². The molecular weight excluding hydrogens is 284 g/mol. The molecule has 0 aromatic rings. The number of methoxy groups -OCH3 is 1. The van der Waals surface area contributed by atoms with E-state index in [-0.39, 0.29) is 35.7 Å². The Bertz CT molecular complexity index is 438. The summed E-state index contributed by atoms with van der Waals surface area (Å²) in [5.74, 6) is -0.868. The minimum Gasteiger partial charge on any atom is -0.469 e. The lowest BCUT2D eigenvalue weighted by atomic mass is 9.78. The third kappa shape index (κ3) is 3.99. The van der Waals surface area contributed by atoms with E-state index in [9.17, 15) is 14.4 Å². The maximum atomic E-state index is 12.8. The van der Waals surface area contributed by atoms with Crippen LogP contribution in [-0.4, -0.2) is 48.9 Å². The fourth-order valence-electron chi connectivity index (χ4n) is 3.68. The van der Waals surface area contributed by atoms with Gasteiger partial charge in [-0.05, 0) is 25.7 Å². The maximum absolute atomic E-state index is 12.8. The number of piperidine rings is 1. The van der Waals surface area contributed by atoms with Crippen LogP contribution in [0.3, 0.4) is 0 Å². The molecule has 1 saturated heterocycles. The zero-order chi connectivity index (χ0) is 16.1. The SMILES string of the molecule is COC(=O)C1CCCCC1C(=O)N1CCCC(NC(C)=O)C1. The van der Waals surface area contributed by atoms with Gasteiger partial charge in [-0.3, -0.25) is 14.4 Å². The molecule has 124 valence electrons. The molecule has 3 unspecified atom stereocenters. The second-order valence-electron chi connectivity index (χ2n) is 6.34. The molecule has 1 heterocycles. The number of hydrogen-bond donors (Lipinski definition) is 1. The van der Waals surface area contributed by atoms with Gasteiger partial charge in [0.25, 0.3) is 0 Å². The number of nitrogens with one attached hydrogen (secondary N) is 1. The molecule has 22 heavy (non-hydrogen) atoms. The summed E-state index contributed by atoms with van der Waals surface area (Å²) in [5.41, 5.74) is 0. The van der Waals surface area contributed by atoms with Crippen molar-refractivity contribution in [3.05, 3.63) is 0 Å². The number of rotatable bonds is 3. The van der Waals surface area contributed by atoms with Crippen molar-refractivity contribution in [2.45, 2.75) is 51.5 Å². The van der Waals surface area contributed by atoms with Crippen molar-refractivity contribution in [2.24, 2.45) is 11.8 Å². The maximum Gasteiger partial charge on any atom is 0.309 e. The van der Waals surface area contributed by atoms with Crippen LogP contribution in [0.15, 0.2) is 0 Å². The number of esters is 1. The number of carbonyl (C=O) groups is 3. The highest BCUT2D eigenvalue weighted by Gasteiger charge is 2.39. The number of ether oxygens (including phenoxy) is 1. The average Bonchev–Trinajstić information content (AvgIpc) is 2.53. The molecule has 2 fully saturated rings. The van der Waals surface area contributed by atoms with E-state index in [0.29, 0.717) is 13.1 Å². The molecule has 0 spiro atoms. The normalized spacial score (nSPS) is 28.8. The van der Waals surface area contributed by atoms with Crippen molar-refractivity contribution in [3.8, 4) is 0 Å². The minimum atomic E-state index is -0.313. The molecule has 1 saturated carbocycles. The Kier molecular flexibility index (Phi) is 5.80. The fourth-order valence-corrected chi connectivity index (χ4v) is 3.68. The highest BCUT2D eigenvalue weighted by Crippen LogP contribution is 2.33. The number of hydrogen-bond acceptors (Lipinski definition) is 4. The predicted octanol–water partition coefficient (Wildman–Crippen LogP) is 1.09. The van der Waals surface area contributed by atoms with Crippen molar-refractivity contribution in [2.75, 3.05) is 20.2 Å². The quantitative estimate of drug-likeness (QED) is 0.792. The second-order valence-corrected chi connectivity index (χ2v) is 6.34. The Morgan fingerprint density at radius 3 is 2.36 bits per heavy atom. The summed E-state index contributed by atoms with van der Waals surface area (Å²) < 4.78 is 4.86. The summed E-state index contributed by atoms with van der Waals surface area (Å²) in [4.78, 5) is 37.8. The average molecular weight is 310 g/mol. The molecule has 2 rings (SSSR count). The molecular formula is C16H26N2O4. The number of nitrogens with zero attached hydrogens (tertiary/aromatic N) is 1. The van der Waals surface area contributed by atoms with Gasteiger partial charge in [-0.2, -0.15) is 0 Å². The first-order chi connectivity index (χ1) is 10.5. The van der Waals surface area contributed by atoms with E-state index in [4.69, 9.17) is 4.74 Å². The molecule has 6 nitrogen and oxygen atoms in total. The molecule has 1 aliphatic carbocycles. The van der Waals surface area contributed by atoms with Crippen molar-refractivity contribution in [1.82, 2.24) is 10.2 Å². The van der Waals surface area contributed by atoms with Crippen molar-refractivity contribution in [3.63, 3.8) is 0 Å². The van der Waals surface area contributed by atoms with Crippen LogP contribution in [0.25, 0.3) is 0 Å². The summed E-state index contributed by atoms with van der Waals surface area (Å²) in [6.45, 7) is 2.75. The van der Waals surface area contributed by atoms with Crippen molar-refractivity contribution >= 4 is 17.8 Å². The van der Waals surface area contributed by atoms with Gasteiger partial charge in [-0.25, -0.2) is 0 Å². The van der Waals surface area contributed by atoms with Gasteiger partial charge >= 0.3 is 5.97 Å². The first kappa shape index (κ1) is 16.8. The lowest BCUT2D eigenvalue weighted by Crippen LogP contribution is -2.52. The monoisotopic (exact) mass is 310 g/mol. The van der Waals surface area contributed by atoms with Gasteiger partial charge in [0.2, 0.25) is 11.8 Å². The van der Waals surface area contributed by atoms with Crippen LogP contribution in [0, 0.1) is 11.8 Å². The number of amides is 2. The fraction of sp³-hybridized carbons (Fsp3) is 0.812. The van der Waals surface area contributed by atoms with E-state index in [1.807, 2.05) is 4.90 Å². The molecule has 2 aliphatic rings. The Balaban J connectivity index is 2.01. The van der Waals surface area contributed by atoms with Crippen LogP contribution in [0.2, 0.25) is 0 Å². The van der Waals surface area contributed by atoms with E-state index in [0.717, 1.165) is 38.5 Å².